The molecular formula is C23H37NO3. The van der Waals surface area contributed by atoms with Crippen LogP contribution < -0.4 is 5.32 Å². The summed E-state index contributed by atoms with van der Waals surface area (Å²) in [7, 11) is 0. The molecule has 4 atom stereocenters. The highest BCUT2D eigenvalue weighted by Crippen LogP contribution is 2.59. The zero-order valence-electron chi connectivity index (χ0n) is 17.4. The van der Waals surface area contributed by atoms with Gasteiger partial charge >= 0.3 is 6.09 Å². The maximum absolute atomic E-state index is 12.4. The first-order valence-corrected chi connectivity index (χ1v) is 11.2. The van der Waals surface area contributed by atoms with Crippen molar-refractivity contribution in [1.82, 2.24) is 5.32 Å². The second kappa shape index (κ2) is 7.42. The van der Waals surface area contributed by atoms with E-state index in [2.05, 4.69) is 32.2 Å². The van der Waals surface area contributed by atoms with Crippen LogP contribution in [0.25, 0.3) is 0 Å². The van der Waals surface area contributed by atoms with Crippen LogP contribution in [0.5, 0.6) is 0 Å². The molecule has 1 spiro atoms. The minimum atomic E-state index is -0.236. The van der Waals surface area contributed by atoms with E-state index in [0.29, 0.717) is 37.0 Å². The van der Waals surface area contributed by atoms with Crippen molar-refractivity contribution in [2.75, 3.05) is 13.2 Å². The third-order valence-corrected chi connectivity index (χ3v) is 8.36. The molecule has 1 heterocycles. The Hall–Kier alpha value is -1.03. The van der Waals surface area contributed by atoms with E-state index in [0.717, 1.165) is 12.8 Å². The van der Waals surface area contributed by atoms with Gasteiger partial charge in [0.1, 0.15) is 6.61 Å². The van der Waals surface area contributed by atoms with Crippen LogP contribution in [-0.4, -0.2) is 30.9 Å². The maximum Gasteiger partial charge on any atom is 0.407 e. The van der Waals surface area contributed by atoms with Crippen LogP contribution in [0, 0.1) is 23.2 Å². The summed E-state index contributed by atoms with van der Waals surface area (Å²) in [6, 6.07) is 0.296. The van der Waals surface area contributed by atoms with Crippen molar-refractivity contribution in [1.29, 1.82) is 0 Å². The van der Waals surface area contributed by atoms with Gasteiger partial charge in [0.25, 0.3) is 0 Å². The number of rotatable bonds is 3. The van der Waals surface area contributed by atoms with Crippen LogP contribution >= 0.6 is 0 Å². The SMILES string of the molecule is CC1=C[C@@H](C)[C@@]2(COC(=O)NC3CCCCC3)COC3(CCCC3)[C@H]1[C@@H]2C. The van der Waals surface area contributed by atoms with Crippen LogP contribution in [0.15, 0.2) is 11.6 Å². The predicted octanol–water partition coefficient (Wildman–Crippen LogP) is 5.22. The number of nitrogens with one attached hydrogen (secondary N) is 1. The van der Waals surface area contributed by atoms with Crippen molar-refractivity contribution in [3.63, 3.8) is 0 Å². The van der Waals surface area contributed by atoms with Crippen molar-refractivity contribution < 1.29 is 14.3 Å². The first kappa shape index (κ1) is 19.3. The van der Waals surface area contributed by atoms with Crippen molar-refractivity contribution in [3.05, 3.63) is 11.6 Å². The number of fused-ring (bicyclic) bond motifs is 3. The number of amides is 1. The zero-order valence-corrected chi connectivity index (χ0v) is 17.4. The fourth-order valence-corrected chi connectivity index (χ4v) is 6.69. The number of alkyl carbamates (subject to hydrolysis) is 1. The molecule has 3 fully saturated rings. The van der Waals surface area contributed by atoms with Crippen LogP contribution in [0.2, 0.25) is 0 Å². The summed E-state index contributed by atoms with van der Waals surface area (Å²) in [4.78, 5) is 12.4. The van der Waals surface area contributed by atoms with Crippen LogP contribution in [0.3, 0.4) is 0 Å². The molecule has 152 valence electrons. The Labute approximate surface area is 164 Å². The lowest BCUT2D eigenvalue weighted by Gasteiger charge is -2.59. The number of hydrogen-bond donors (Lipinski definition) is 1. The van der Waals surface area contributed by atoms with E-state index in [4.69, 9.17) is 9.47 Å². The lowest BCUT2D eigenvalue weighted by Crippen LogP contribution is -2.61. The molecule has 0 radical (unpaired) electrons. The number of hydrogen-bond acceptors (Lipinski definition) is 3. The van der Waals surface area contributed by atoms with E-state index in [1.807, 2.05) is 0 Å². The van der Waals surface area contributed by atoms with Crippen LogP contribution in [-0.2, 0) is 9.47 Å². The van der Waals surface area contributed by atoms with Gasteiger partial charge in [-0.15, -0.1) is 0 Å². The van der Waals surface area contributed by atoms with Gasteiger partial charge in [0, 0.05) is 17.4 Å². The Bertz CT molecular complexity index is 588. The number of carbonyl (C=O) groups excluding carboxylic acids is 1. The molecule has 4 rings (SSSR count). The number of allylic oxidation sites excluding steroid dienone is 1. The third-order valence-electron chi connectivity index (χ3n) is 8.36. The highest BCUT2D eigenvalue weighted by atomic mass is 16.6. The quantitative estimate of drug-likeness (QED) is 0.688. The fraction of sp³-hybridized carbons (Fsp3) is 0.870. The van der Waals surface area contributed by atoms with E-state index in [-0.39, 0.29) is 17.1 Å². The molecule has 2 bridgehead atoms. The predicted molar refractivity (Wildman–Crippen MR) is 107 cm³/mol. The molecule has 2 saturated carbocycles. The zero-order chi connectivity index (χ0) is 19.1. The van der Waals surface area contributed by atoms with E-state index < -0.39 is 0 Å². The summed E-state index contributed by atoms with van der Waals surface area (Å²) in [6.45, 7) is 8.11. The van der Waals surface area contributed by atoms with Gasteiger partial charge in [-0.2, -0.15) is 0 Å². The summed E-state index contributed by atoms with van der Waals surface area (Å²) in [5.41, 5.74) is 1.43. The Balaban J connectivity index is 1.45. The molecule has 4 heteroatoms. The molecule has 1 N–H and O–H groups in total. The maximum atomic E-state index is 12.4. The normalized spacial score (nSPS) is 38.5. The monoisotopic (exact) mass is 375 g/mol. The standard InChI is InChI=1S/C23H37NO3/c1-16-13-17(2)22(14-26-21(25)24-19-9-5-4-6-10-19)15-27-23(11-7-8-12-23)20(16)18(22)3/h13,17-20H,4-12,14-15H2,1-3H3,(H,24,25)/t17-,18+,20-,22-/m1/s1. The summed E-state index contributed by atoms with van der Waals surface area (Å²) in [6.07, 6.45) is 13.0. The molecule has 1 saturated heterocycles. The van der Waals surface area contributed by atoms with E-state index in [1.54, 1.807) is 0 Å². The summed E-state index contributed by atoms with van der Waals surface area (Å²) in [5, 5.41) is 3.10. The molecule has 1 aliphatic heterocycles. The molecular weight excluding hydrogens is 338 g/mol. The molecule has 0 aromatic rings. The van der Waals surface area contributed by atoms with Crippen LogP contribution in [0.4, 0.5) is 4.79 Å². The smallest absolute Gasteiger partial charge is 0.407 e. The molecule has 0 unspecified atom stereocenters. The minimum absolute atomic E-state index is 0.0357. The second-order valence-corrected chi connectivity index (χ2v) is 9.81. The number of ether oxygens (including phenoxy) is 2. The van der Waals surface area contributed by atoms with Crippen molar-refractivity contribution in [3.8, 4) is 0 Å². The average molecular weight is 376 g/mol. The van der Waals surface area contributed by atoms with Gasteiger partial charge in [0.05, 0.1) is 12.2 Å². The van der Waals surface area contributed by atoms with Gasteiger partial charge in [0.2, 0.25) is 0 Å². The molecule has 0 aromatic carbocycles. The minimum Gasteiger partial charge on any atom is -0.449 e. The largest absolute Gasteiger partial charge is 0.449 e. The average Bonchev–Trinajstić information content (AvgIpc) is 3.10. The first-order valence-electron chi connectivity index (χ1n) is 11.2. The van der Waals surface area contributed by atoms with Gasteiger partial charge in [0.15, 0.2) is 0 Å². The van der Waals surface area contributed by atoms with Gasteiger partial charge < -0.3 is 14.8 Å². The summed E-state index contributed by atoms with van der Waals surface area (Å²) >= 11 is 0. The first-order chi connectivity index (χ1) is 13.0. The highest BCUT2D eigenvalue weighted by molar-refractivity contribution is 5.67. The van der Waals surface area contributed by atoms with Gasteiger partial charge in [-0.3, -0.25) is 0 Å². The Kier molecular flexibility index (Phi) is 5.30. The molecule has 4 nitrogen and oxygen atoms in total. The lowest BCUT2D eigenvalue weighted by molar-refractivity contribution is -0.212. The molecule has 1 amide bonds. The van der Waals surface area contributed by atoms with Crippen LogP contribution in [0.1, 0.15) is 78.6 Å². The van der Waals surface area contributed by atoms with E-state index in [9.17, 15) is 4.79 Å². The topological polar surface area (TPSA) is 47.6 Å². The second-order valence-electron chi connectivity index (χ2n) is 9.81. The lowest BCUT2D eigenvalue weighted by atomic mass is 9.53. The summed E-state index contributed by atoms with van der Waals surface area (Å²) < 4.78 is 12.5. The molecule has 3 aliphatic carbocycles. The molecule has 0 aromatic heterocycles. The molecule has 27 heavy (non-hydrogen) atoms. The third kappa shape index (κ3) is 3.32. The highest BCUT2D eigenvalue weighted by Gasteiger charge is 2.60. The van der Waals surface area contributed by atoms with E-state index in [1.165, 1.54) is 50.5 Å². The van der Waals surface area contributed by atoms with Gasteiger partial charge in [-0.1, -0.05) is 57.6 Å². The Morgan fingerprint density at radius 2 is 1.89 bits per heavy atom. The number of carbonyl (C=O) groups is 1. The van der Waals surface area contributed by atoms with Crippen molar-refractivity contribution in [2.24, 2.45) is 23.2 Å². The van der Waals surface area contributed by atoms with E-state index >= 15 is 0 Å². The summed E-state index contributed by atoms with van der Waals surface area (Å²) in [5.74, 6) is 1.31. The molecule has 4 aliphatic rings. The Morgan fingerprint density at radius 3 is 2.59 bits per heavy atom. The van der Waals surface area contributed by atoms with Crippen molar-refractivity contribution >= 4 is 6.09 Å². The van der Waals surface area contributed by atoms with Crippen molar-refractivity contribution in [2.45, 2.75) is 90.2 Å². The Morgan fingerprint density at radius 1 is 1.19 bits per heavy atom. The van der Waals surface area contributed by atoms with Gasteiger partial charge in [-0.25, -0.2) is 4.79 Å². The van der Waals surface area contributed by atoms with Gasteiger partial charge in [-0.05, 0) is 44.4 Å². The fourth-order valence-electron chi connectivity index (χ4n) is 6.69.